The van der Waals surface area contributed by atoms with Gasteiger partial charge in [-0.15, -0.1) is 0 Å². The van der Waals surface area contributed by atoms with E-state index < -0.39 is 0 Å². The minimum Gasteiger partial charge on any atom is -0.382 e. The summed E-state index contributed by atoms with van der Waals surface area (Å²) in [6.45, 7) is 3.67. The Kier molecular flexibility index (Phi) is 2.39. The van der Waals surface area contributed by atoms with Crippen molar-refractivity contribution in [3.8, 4) is 0 Å². The van der Waals surface area contributed by atoms with Crippen LogP contribution in [0, 0.1) is 11.8 Å². The second-order valence-electron chi connectivity index (χ2n) is 3.67. The second kappa shape index (κ2) is 3.18. The molecule has 3 fully saturated rings. The fourth-order valence-corrected chi connectivity index (χ4v) is 3.14. The number of aliphatic hydroxyl groups excluding tert-OH is 1. The molecule has 64 valence electrons. The van der Waals surface area contributed by atoms with Crippen LogP contribution in [0.4, 0.5) is 0 Å². The van der Waals surface area contributed by atoms with Gasteiger partial charge in [-0.05, 0) is 31.8 Å². The third-order valence-corrected chi connectivity index (χ3v) is 3.98. The molecule has 0 amide bonds. The van der Waals surface area contributed by atoms with E-state index in [1.54, 1.807) is 0 Å². The van der Waals surface area contributed by atoms with Gasteiger partial charge in [0.2, 0.25) is 0 Å². The average Bonchev–Trinajstić information content (AvgIpc) is 2.06. The summed E-state index contributed by atoms with van der Waals surface area (Å²) in [5.41, 5.74) is 0. The van der Waals surface area contributed by atoms with Gasteiger partial charge in [-0.1, -0.05) is 22.6 Å². The molecule has 0 spiro atoms. The summed E-state index contributed by atoms with van der Waals surface area (Å²) in [5, 5.41) is 9.46. The molecule has 2 unspecified atom stereocenters. The Bertz CT molecular complexity index is 143. The molecule has 0 saturated carbocycles. The fourth-order valence-electron chi connectivity index (χ4n) is 2.32. The molecule has 3 aliphatic rings. The van der Waals surface area contributed by atoms with Crippen LogP contribution in [0.2, 0.25) is 0 Å². The maximum absolute atomic E-state index is 9.46. The van der Waals surface area contributed by atoms with Gasteiger partial charge in [-0.2, -0.15) is 0 Å². The van der Waals surface area contributed by atoms with Gasteiger partial charge in [0.05, 0.1) is 0 Å². The number of nitrogens with zero attached hydrogens (tertiary/aromatic N) is 1. The van der Waals surface area contributed by atoms with Gasteiger partial charge in [0.15, 0.2) is 0 Å². The summed E-state index contributed by atoms with van der Waals surface area (Å²) in [7, 11) is 0. The van der Waals surface area contributed by atoms with Crippen molar-refractivity contribution in [1.82, 2.24) is 4.90 Å². The Hall–Kier alpha value is 0.650. The minimum atomic E-state index is -0.124. The lowest BCUT2D eigenvalue weighted by Gasteiger charge is -2.45. The lowest BCUT2D eigenvalue weighted by Crippen LogP contribution is -2.50. The van der Waals surface area contributed by atoms with E-state index in [1.165, 1.54) is 25.9 Å². The summed E-state index contributed by atoms with van der Waals surface area (Å²) in [6, 6.07) is 0. The molecule has 2 bridgehead atoms. The van der Waals surface area contributed by atoms with Crippen LogP contribution in [-0.4, -0.2) is 33.8 Å². The molecular formula is C8H14INO. The lowest BCUT2D eigenvalue weighted by molar-refractivity contribution is 0.0132. The van der Waals surface area contributed by atoms with Crippen molar-refractivity contribution in [3.05, 3.63) is 0 Å². The third-order valence-electron chi connectivity index (χ3n) is 3.06. The van der Waals surface area contributed by atoms with Crippen LogP contribution in [0.3, 0.4) is 0 Å². The highest BCUT2D eigenvalue weighted by Crippen LogP contribution is 2.35. The van der Waals surface area contributed by atoms with Gasteiger partial charge >= 0.3 is 0 Å². The van der Waals surface area contributed by atoms with Crippen LogP contribution >= 0.6 is 22.6 Å². The monoisotopic (exact) mass is 267 g/mol. The summed E-state index contributed by atoms with van der Waals surface area (Å²) in [6.07, 6.45) is 2.62. The Morgan fingerprint density at radius 3 is 2.27 bits per heavy atom. The molecule has 3 aliphatic heterocycles. The van der Waals surface area contributed by atoms with Crippen LogP contribution in [-0.2, 0) is 0 Å². The normalized spacial score (nSPS) is 45.8. The molecule has 11 heavy (non-hydrogen) atoms. The zero-order chi connectivity index (χ0) is 7.84. The number of hydrogen-bond donors (Lipinski definition) is 1. The molecule has 0 radical (unpaired) electrons. The number of rotatable bonds is 1. The van der Waals surface area contributed by atoms with Crippen LogP contribution in [0.5, 0.6) is 0 Å². The van der Waals surface area contributed by atoms with Crippen LogP contribution < -0.4 is 0 Å². The third kappa shape index (κ3) is 1.55. The summed E-state index contributed by atoms with van der Waals surface area (Å²) in [4.78, 5) is 2.48. The SMILES string of the molecule is OC(I)C1CN2CCC1CC2. The molecule has 2 nitrogen and oxygen atoms in total. The zero-order valence-electron chi connectivity index (χ0n) is 6.54. The molecule has 3 saturated heterocycles. The van der Waals surface area contributed by atoms with Gasteiger partial charge in [-0.3, -0.25) is 0 Å². The molecule has 2 atom stereocenters. The highest BCUT2D eigenvalue weighted by atomic mass is 127. The number of hydrogen-bond acceptors (Lipinski definition) is 2. The molecule has 3 heteroatoms. The van der Waals surface area contributed by atoms with Crippen molar-refractivity contribution < 1.29 is 5.11 Å². The molecule has 3 rings (SSSR count). The first-order chi connectivity index (χ1) is 5.27. The number of fused-ring (bicyclic) bond motifs is 3. The van der Waals surface area contributed by atoms with Crippen molar-refractivity contribution in [2.45, 2.75) is 17.0 Å². The zero-order valence-corrected chi connectivity index (χ0v) is 8.70. The van der Waals surface area contributed by atoms with Crippen LogP contribution in [0.15, 0.2) is 0 Å². The van der Waals surface area contributed by atoms with E-state index in [4.69, 9.17) is 0 Å². The quantitative estimate of drug-likeness (QED) is 0.567. The van der Waals surface area contributed by atoms with Crippen molar-refractivity contribution in [1.29, 1.82) is 0 Å². The van der Waals surface area contributed by atoms with E-state index in [9.17, 15) is 5.11 Å². The predicted octanol–water partition coefficient (Wildman–Crippen LogP) is 1.08. The fraction of sp³-hybridized carbons (Fsp3) is 1.00. The summed E-state index contributed by atoms with van der Waals surface area (Å²) in [5.74, 6) is 1.37. The summed E-state index contributed by atoms with van der Waals surface area (Å²) < 4.78 is -0.124. The average molecular weight is 267 g/mol. The Labute approximate surface area is 81.1 Å². The minimum absolute atomic E-state index is 0.124. The van der Waals surface area contributed by atoms with Crippen molar-refractivity contribution in [2.24, 2.45) is 11.8 Å². The van der Waals surface area contributed by atoms with E-state index in [2.05, 4.69) is 27.5 Å². The van der Waals surface area contributed by atoms with E-state index >= 15 is 0 Å². The maximum atomic E-state index is 9.46. The second-order valence-corrected chi connectivity index (χ2v) is 4.95. The number of alkyl halides is 1. The number of piperidine rings is 3. The standard InChI is InChI=1S/C8H14INO/c9-8(11)7-5-10-3-1-6(7)2-4-10/h6-8,11H,1-5H2. The van der Waals surface area contributed by atoms with Crippen LogP contribution in [0.1, 0.15) is 12.8 Å². The van der Waals surface area contributed by atoms with Gasteiger partial charge in [-0.25, -0.2) is 0 Å². The number of aliphatic hydroxyl groups is 1. The van der Waals surface area contributed by atoms with E-state index in [-0.39, 0.29) is 4.11 Å². The van der Waals surface area contributed by atoms with Crippen LogP contribution in [0.25, 0.3) is 0 Å². The Balaban J connectivity index is 2.03. The molecule has 3 heterocycles. The van der Waals surface area contributed by atoms with E-state index in [1.807, 2.05) is 0 Å². The topological polar surface area (TPSA) is 23.5 Å². The van der Waals surface area contributed by atoms with Crippen molar-refractivity contribution >= 4 is 22.6 Å². The largest absolute Gasteiger partial charge is 0.382 e. The highest BCUT2D eigenvalue weighted by Gasteiger charge is 2.36. The Morgan fingerprint density at radius 1 is 1.36 bits per heavy atom. The first kappa shape index (κ1) is 8.26. The smallest absolute Gasteiger partial charge is 0.109 e. The molecule has 0 aromatic rings. The Morgan fingerprint density at radius 2 is 2.00 bits per heavy atom. The lowest BCUT2D eigenvalue weighted by atomic mass is 9.80. The first-order valence-corrected chi connectivity index (χ1v) is 5.56. The molecule has 0 aliphatic carbocycles. The van der Waals surface area contributed by atoms with Crippen molar-refractivity contribution in [2.75, 3.05) is 19.6 Å². The molecule has 0 aromatic heterocycles. The summed E-state index contributed by atoms with van der Waals surface area (Å²) >= 11 is 2.15. The van der Waals surface area contributed by atoms with Gasteiger partial charge < -0.3 is 10.0 Å². The van der Waals surface area contributed by atoms with Gasteiger partial charge in [0, 0.05) is 12.5 Å². The van der Waals surface area contributed by atoms with Gasteiger partial charge in [0.1, 0.15) is 4.11 Å². The molecule has 1 N–H and O–H groups in total. The predicted molar refractivity (Wildman–Crippen MR) is 52.7 cm³/mol. The van der Waals surface area contributed by atoms with E-state index in [0.717, 1.165) is 12.5 Å². The first-order valence-electron chi connectivity index (χ1n) is 4.32. The molecular weight excluding hydrogens is 253 g/mol. The number of halogens is 1. The highest BCUT2D eigenvalue weighted by molar-refractivity contribution is 14.1. The molecule has 0 aromatic carbocycles. The van der Waals surface area contributed by atoms with Gasteiger partial charge in [0.25, 0.3) is 0 Å². The maximum Gasteiger partial charge on any atom is 0.109 e. The van der Waals surface area contributed by atoms with E-state index in [0.29, 0.717) is 5.92 Å². The van der Waals surface area contributed by atoms with Crippen molar-refractivity contribution in [3.63, 3.8) is 0 Å².